The summed E-state index contributed by atoms with van der Waals surface area (Å²) in [5.74, 6) is 2.01. The molecule has 1 heterocycles. The molecule has 1 aromatic heterocycles. The van der Waals surface area contributed by atoms with Crippen LogP contribution in [0.3, 0.4) is 0 Å². The Balaban J connectivity index is 1.88. The average Bonchev–Trinajstić information content (AvgIpc) is 2.94. The number of ether oxygens (including phenoxy) is 1. The third kappa shape index (κ3) is 2.20. The van der Waals surface area contributed by atoms with Gasteiger partial charge in [-0.25, -0.2) is 0 Å². The van der Waals surface area contributed by atoms with E-state index < -0.39 is 0 Å². The molecule has 0 atom stereocenters. The van der Waals surface area contributed by atoms with Gasteiger partial charge in [0.1, 0.15) is 11.5 Å². The van der Waals surface area contributed by atoms with Crippen molar-refractivity contribution in [2.24, 2.45) is 0 Å². The van der Waals surface area contributed by atoms with Crippen molar-refractivity contribution in [2.75, 3.05) is 0 Å². The third-order valence-corrected chi connectivity index (χ3v) is 2.39. The van der Waals surface area contributed by atoms with Gasteiger partial charge < -0.3 is 9.84 Å². The van der Waals surface area contributed by atoms with Gasteiger partial charge in [-0.15, -0.1) is 0 Å². The second-order valence-electron chi connectivity index (χ2n) is 3.65. The predicted octanol–water partition coefficient (Wildman–Crippen LogP) is 2.29. The minimum Gasteiger partial charge on any atom is -0.457 e. The van der Waals surface area contributed by atoms with Crippen LogP contribution < -0.4 is 9.84 Å². The van der Waals surface area contributed by atoms with Crippen LogP contribution in [0.1, 0.15) is 0 Å². The van der Waals surface area contributed by atoms with Gasteiger partial charge in [-0.3, -0.25) is 10.3 Å². The highest BCUT2D eigenvalue weighted by Crippen LogP contribution is 2.24. The van der Waals surface area contributed by atoms with Crippen molar-refractivity contribution >= 4 is 0 Å². The number of hydrogen-bond acceptors (Lipinski definition) is 4. The SMILES string of the molecule is c1ccc(Oc2cccc(-c3nnn[n-]3)c2)cc1. The van der Waals surface area contributed by atoms with E-state index in [1.54, 1.807) is 0 Å². The minimum atomic E-state index is 0.494. The van der Waals surface area contributed by atoms with Crippen LogP contribution in [0.25, 0.3) is 11.4 Å². The van der Waals surface area contributed by atoms with Crippen LogP contribution in [-0.4, -0.2) is 15.5 Å². The monoisotopic (exact) mass is 237 g/mol. The summed E-state index contributed by atoms with van der Waals surface area (Å²) in [5, 5.41) is 14.5. The first-order valence-electron chi connectivity index (χ1n) is 5.44. The van der Waals surface area contributed by atoms with Crippen molar-refractivity contribution in [2.45, 2.75) is 0 Å². The molecular weight excluding hydrogens is 228 g/mol. The number of aromatic nitrogens is 4. The lowest BCUT2D eigenvalue weighted by atomic mass is 10.2. The van der Waals surface area contributed by atoms with Gasteiger partial charge in [0, 0.05) is 5.82 Å². The van der Waals surface area contributed by atoms with E-state index >= 15 is 0 Å². The zero-order valence-electron chi connectivity index (χ0n) is 9.39. The molecule has 0 saturated carbocycles. The highest BCUT2D eigenvalue weighted by Gasteiger charge is 1.99. The van der Waals surface area contributed by atoms with Gasteiger partial charge >= 0.3 is 0 Å². The van der Waals surface area contributed by atoms with Gasteiger partial charge in [-0.2, -0.15) is 5.21 Å². The molecule has 0 amide bonds. The molecule has 0 saturated heterocycles. The Hall–Kier alpha value is -2.69. The number of hydrogen-bond donors (Lipinski definition) is 0. The van der Waals surface area contributed by atoms with Gasteiger partial charge in [0.2, 0.25) is 0 Å². The van der Waals surface area contributed by atoms with E-state index in [0.717, 1.165) is 17.1 Å². The quantitative estimate of drug-likeness (QED) is 0.699. The largest absolute Gasteiger partial charge is 0.457 e. The Morgan fingerprint density at radius 1 is 0.889 bits per heavy atom. The van der Waals surface area contributed by atoms with Gasteiger partial charge in [0.25, 0.3) is 0 Å². The summed E-state index contributed by atoms with van der Waals surface area (Å²) >= 11 is 0. The molecule has 0 fully saturated rings. The van der Waals surface area contributed by atoms with E-state index in [0.29, 0.717) is 5.82 Å². The molecule has 5 heteroatoms. The normalized spacial score (nSPS) is 10.2. The molecule has 0 aliphatic heterocycles. The molecule has 0 spiro atoms. The van der Waals surface area contributed by atoms with Gasteiger partial charge in [-0.05, 0) is 29.8 Å². The topological polar surface area (TPSA) is 62.0 Å². The lowest BCUT2D eigenvalue weighted by Gasteiger charge is -2.07. The van der Waals surface area contributed by atoms with E-state index in [1.165, 1.54) is 0 Å². The number of para-hydroxylation sites is 1. The van der Waals surface area contributed by atoms with Gasteiger partial charge in [0.15, 0.2) is 0 Å². The first-order valence-corrected chi connectivity index (χ1v) is 5.44. The lowest BCUT2D eigenvalue weighted by Crippen LogP contribution is -1.87. The summed E-state index contributed by atoms with van der Waals surface area (Å²) in [5.41, 5.74) is 0.827. The fourth-order valence-electron chi connectivity index (χ4n) is 1.58. The fourth-order valence-corrected chi connectivity index (χ4v) is 1.58. The summed E-state index contributed by atoms with van der Waals surface area (Å²) in [4.78, 5) is 0. The molecule has 0 aliphatic carbocycles. The molecule has 0 bridgehead atoms. The second kappa shape index (κ2) is 4.67. The molecule has 5 nitrogen and oxygen atoms in total. The number of nitrogens with zero attached hydrogens (tertiary/aromatic N) is 4. The lowest BCUT2D eigenvalue weighted by molar-refractivity contribution is 0.483. The van der Waals surface area contributed by atoms with Crippen LogP contribution in [0.15, 0.2) is 54.6 Å². The Kier molecular flexibility index (Phi) is 2.71. The first kappa shape index (κ1) is 10.5. The summed E-state index contributed by atoms with van der Waals surface area (Å²) in [6.45, 7) is 0. The van der Waals surface area contributed by atoms with Crippen molar-refractivity contribution < 1.29 is 4.74 Å². The summed E-state index contributed by atoms with van der Waals surface area (Å²) in [6, 6.07) is 17.1. The van der Waals surface area contributed by atoms with E-state index in [2.05, 4.69) is 20.6 Å². The minimum absolute atomic E-state index is 0.494. The molecule has 0 N–H and O–H groups in total. The molecular formula is C13H9N4O-. The highest BCUT2D eigenvalue weighted by molar-refractivity contribution is 5.56. The Morgan fingerprint density at radius 2 is 1.72 bits per heavy atom. The van der Waals surface area contributed by atoms with Crippen molar-refractivity contribution in [1.29, 1.82) is 0 Å². The average molecular weight is 237 g/mol. The van der Waals surface area contributed by atoms with Gasteiger partial charge in [-0.1, -0.05) is 30.3 Å². The number of tetrazole rings is 1. The fraction of sp³-hybridized carbons (Fsp3) is 0. The van der Waals surface area contributed by atoms with Crippen molar-refractivity contribution in [3.63, 3.8) is 0 Å². The third-order valence-electron chi connectivity index (χ3n) is 2.39. The van der Waals surface area contributed by atoms with Crippen molar-refractivity contribution in [1.82, 2.24) is 20.6 Å². The standard InChI is InChI=1S/C13H9N4O/c1-2-6-11(7-3-1)18-12-8-4-5-10(9-12)13-14-16-17-15-13/h1-9H/q-1. The zero-order valence-corrected chi connectivity index (χ0v) is 9.39. The zero-order chi connectivity index (χ0) is 12.2. The number of rotatable bonds is 3. The molecule has 2 aromatic carbocycles. The molecule has 0 radical (unpaired) electrons. The summed E-state index contributed by atoms with van der Waals surface area (Å²) < 4.78 is 5.72. The maximum atomic E-state index is 5.72. The van der Waals surface area contributed by atoms with Crippen LogP contribution in [0.5, 0.6) is 11.5 Å². The summed E-state index contributed by atoms with van der Waals surface area (Å²) in [7, 11) is 0. The highest BCUT2D eigenvalue weighted by atomic mass is 16.5. The van der Waals surface area contributed by atoms with Crippen molar-refractivity contribution in [3.05, 3.63) is 54.6 Å². The maximum absolute atomic E-state index is 5.72. The first-order chi connectivity index (χ1) is 8.92. The Morgan fingerprint density at radius 3 is 2.50 bits per heavy atom. The van der Waals surface area contributed by atoms with E-state index in [9.17, 15) is 0 Å². The van der Waals surface area contributed by atoms with E-state index in [1.807, 2.05) is 54.6 Å². The smallest absolute Gasteiger partial charge is 0.128 e. The molecule has 0 aliphatic rings. The number of benzene rings is 2. The molecule has 88 valence electrons. The Labute approximate surface area is 103 Å². The van der Waals surface area contributed by atoms with Crippen molar-refractivity contribution in [3.8, 4) is 22.9 Å². The molecule has 18 heavy (non-hydrogen) atoms. The van der Waals surface area contributed by atoms with Crippen LogP contribution in [-0.2, 0) is 0 Å². The second-order valence-corrected chi connectivity index (χ2v) is 3.65. The molecule has 3 aromatic rings. The molecule has 3 rings (SSSR count). The van der Waals surface area contributed by atoms with Gasteiger partial charge in [0.05, 0.1) is 0 Å². The van der Waals surface area contributed by atoms with Crippen LogP contribution in [0, 0.1) is 0 Å². The maximum Gasteiger partial charge on any atom is 0.128 e. The summed E-state index contributed by atoms with van der Waals surface area (Å²) in [6.07, 6.45) is 0. The van der Waals surface area contributed by atoms with Crippen LogP contribution >= 0.6 is 0 Å². The van der Waals surface area contributed by atoms with E-state index in [-0.39, 0.29) is 0 Å². The van der Waals surface area contributed by atoms with E-state index in [4.69, 9.17) is 4.74 Å². The Bertz CT molecular complexity index is 623. The molecule has 0 unspecified atom stereocenters. The predicted molar refractivity (Wildman–Crippen MR) is 65.1 cm³/mol. The van der Waals surface area contributed by atoms with Crippen LogP contribution in [0.2, 0.25) is 0 Å². The van der Waals surface area contributed by atoms with Crippen LogP contribution in [0.4, 0.5) is 0 Å².